The number of hydrogen-bond acceptors (Lipinski definition) is 2. The molecular weight excluding hydrogens is 489 g/mol. The molecule has 166 valence electrons. The van der Waals surface area contributed by atoms with Crippen LogP contribution < -0.4 is 16.0 Å². The molecule has 1 aromatic carbocycles. The van der Waals surface area contributed by atoms with Gasteiger partial charge in [-0.05, 0) is 50.3 Å². The maximum Gasteiger partial charge on any atom is 0.223 e. The molecule has 0 radical (unpaired) electrons. The van der Waals surface area contributed by atoms with E-state index in [9.17, 15) is 4.79 Å². The van der Waals surface area contributed by atoms with Gasteiger partial charge in [0.05, 0.1) is 0 Å². The first-order valence-electron chi connectivity index (χ1n) is 11.0. The Morgan fingerprint density at radius 2 is 1.90 bits per heavy atom. The second kappa shape index (κ2) is 12.8. The Hall–Kier alpha value is -1.77. The molecule has 3 rings (SSSR count). The van der Waals surface area contributed by atoms with Crippen molar-refractivity contribution in [2.24, 2.45) is 10.9 Å². The quantitative estimate of drug-likeness (QED) is 0.183. The molecule has 1 aromatic heterocycles. The highest BCUT2D eigenvalue weighted by atomic mass is 127. The standard InChI is InChI=1S/C23H35N5O.HI/c1-3-24-23(27-14-13-25-22(29)18-7-5-4-6-8-18)26-12-11-19-16-28-21-15-17(2)9-10-20(19)21;/h9-10,15-16,18,28H,3-8,11-14H2,1-2H3,(H,25,29)(H2,24,26,27);1H. The van der Waals surface area contributed by atoms with E-state index in [4.69, 9.17) is 0 Å². The smallest absolute Gasteiger partial charge is 0.223 e. The van der Waals surface area contributed by atoms with Crippen LogP contribution in [0.3, 0.4) is 0 Å². The first-order chi connectivity index (χ1) is 14.2. The van der Waals surface area contributed by atoms with Crippen molar-refractivity contribution in [1.82, 2.24) is 20.9 Å². The monoisotopic (exact) mass is 525 g/mol. The van der Waals surface area contributed by atoms with E-state index < -0.39 is 0 Å². The summed E-state index contributed by atoms with van der Waals surface area (Å²) in [5.74, 6) is 1.23. The molecule has 4 N–H and O–H groups in total. The Kier molecular flexibility index (Phi) is 10.5. The van der Waals surface area contributed by atoms with E-state index in [-0.39, 0.29) is 35.8 Å². The SMILES string of the molecule is CCNC(=NCCc1c[nH]c2cc(C)ccc12)NCCNC(=O)C1CCCCC1.I. The van der Waals surface area contributed by atoms with Crippen molar-refractivity contribution in [3.63, 3.8) is 0 Å². The highest BCUT2D eigenvalue weighted by Gasteiger charge is 2.20. The molecule has 1 fully saturated rings. The van der Waals surface area contributed by atoms with E-state index in [0.29, 0.717) is 19.6 Å². The van der Waals surface area contributed by atoms with E-state index in [0.717, 1.165) is 31.8 Å². The molecule has 1 aliphatic rings. The average Bonchev–Trinajstić information content (AvgIpc) is 3.13. The normalized spacial score (nSPS) is 14.9. The number of rotatable bonds is 8. The van der Waals surface area contributed by atoms with Crippen molar-refractivity contribution in [2.75, 3.05) is 26.2 Å². The summed E-state index contributed by atoms with van der Waals surface area (Å²) in [6, 6.07) is 6.50. The number of carbonyl (C=O) groups excluding carboxylic acids is 1. The van der Waals surface area contributed by atoms with Crippen molar-refractivity contribution in [3.8, 4) is 0 Å². The summed E-state index contributed by atoms with van der Waals surface area (Å²) in [5, 5.41) is 10.9. The number of fused-ring (bicyclic) bond motifs is 1. The minimum absolute atomic E-state index is 0. The van der Waals surface area contributed by atoms with E-state index >= 15 is 0 Å². The summed E-state index contributed by atoms with van der Waals surface area (Å²) in [7, 11) is 0. The van der Waals surface area contributed by atoms with Gasteiger partial charge in [-0.2, -0.15) is 0 Å². The second-order valence-corrected chi connectivity index (χ2v) is 7.93. The van der Waals surface area contributed by atoms with Crippen molar-refractivity contribution in [2.45, 2.75) is 52.4 Å². The largest absolute Gasteiger partial charge is 0.361 e. The van der Waals surface area contributed by atoms with Crippen molar-refractivity contribution < 1.29 is 4.79 Å². The molecule has 0 aliphatic heterocycles. The van der Waals surface area contributed by atoms with Gasteiger partial charge in [-0.1, -0.05) is 31.4 Å². The highest BCUT2D eigenvalue weighted by molar-refractivity contribution is 14.0. The van der Waals surface area contributed by atoms with Gasteiger partial charge in [0.1, 0.15) is 0 Å². The maximum absolute atomic E-state index is 12.2. The van der Waals surface area contributed by atoms with Gasteiger partial charge in [0.25, 0.3) is 0 Å². The fourth-order valence-corrected chi connectivity index (χ4v) is 4.01. The summed E-state index contributed by atoms with van der Waals surface area (Å²) < 4.78 is 0. The van der Waals surface area contributed by atoms with Gasteiger partial charge in [-0.15, -0.1) is 24.0 Å². The maximum atomic E-state index is 12.2. The fourth-order valence-electron chi connectivity index (χ4n) is 4.01. The van der Waals surface area contributed by atoms with E-state index in [2.05, 4.69) is 64.2 Å². The molecular formula is C23H36IN5O. The van der Waals surface area contributed by atoms with Crippen molar-refractivity contribution >= 4 is 46.7 Å². The number of nitrogens with one attached hydrogen (secondary N) is 4. The lowest BCUT2D eigenvalue weighted by atomic mass is 9.89. The van der Waals surface area contributed by atoms with Crippen LogP contribution in [0.4, 0.5) is 0 Å². The first kappa shape index (κ1) is 24.5. The predicted molar refractivity (Wildman–Crippen MR) is 136 cm³/mol. The summed E-state index contributed by atoms with van der Waals surface area (Å²) in [4.78, 5) is 20.3. The molecule has 30 heavy (non-hydrogen) atoms. The van der Waals surface area contributed by atoms with Crippen molar-refractivity contribution in [3.05, 3.63) is 35.5 Å². The lowest BCUT2D eigenvalue weighted by molar-refractivity contribution is -0.125. The summed E-state index contributed by atoms with van der Waals surface area (Å²) in [6.07, 6.45) is 8.69. The molecule has 0 spiro atoms. The predicted octanol–water partition coefficient (Wildman–Crippen LogP) is 3.89. The Balaban J connectivity index is 0.00000320. The topological polar surface area (TPSA) is 81.3 Å². The molecule has 0 unspecified atom stereocenters. The number of aliphatic imine (C=N–C) groups is 1. The Morgan fingerprint density at radius 3 is 2.67 bits per heavy atom. The lowest BCUT2D eigenvalue weighted by Crippen LogP contribution is -2.42. The minimum atomic E-state index is 0. The van der Waals surface area contributed by atoms with Crippen molar-refractivity contribution in [1.29, 1.82) is 0 Å². The Morgan fingerprint density at radius 1 is 1.13 bits per heavy atom. The molecule has 1 amide bonds. The third-order valence-electron chi connectivity index (χ3n) is 5.61. The molecule has 1 saturated carbocycles. The van der Waals surface area contributed by atoms with Crippen LogP contribution in [0.5, 0.6) is 0 Å². The number of aryl methyl sites for hydroxylation is 1. The Bertz CT molecular complexity index is 826. The van der Waals surface area contributed by atoms with Crippen LogP contribution in [0.2, 0.25) is 0 Å². The number of H-pyrrole nitrogens is 1. The lowest BCUT2D eigenvalue weighted by Gasteiger charge is -2.21. The molecule has 6 nitrogen and oxygen atoms in total. The number of aromatic nitrogens is 1. The molecule has 0 saturated heterocycles. The van der Waals surface area contributed by atoms with Crippen LogP contribution in [-0.4, -0.2) is 43.0 Å². The van der Waals surface area contributed by atoms with Crippen LogP contribution in [0, 0.1) is 12.8 Å². The van der Waals surface area contributed by atoms with Gasteiger partial charge >= 0.3 is 0 Å². The molecule has 1 aliphatic carbocycles. The highest BCUT2D eigenvalue weighted by Crippen LogP contribution is 2.23. The number of aromatic amines is 1. The van der Waals surface area contributed by atoms with E-state index in [1.165, 1.54) is 41.3 Å². The number of benzene rings is 1. The summed E-state index contributed by atoms with van der Waals surface area (Å²) in [6.45, 7) is 7.00. The van der Waals surface area contributed by atoms with Crippen LogP contribution in [-0.2, 0) is 11.2 Å². The average molecular weight is 525 g/mol. The Labute approximate surface area is 197 Å². The van der Waals surface area contributed by atoms with Gasteiger partial charge in [-0.3, -0.25) is 9.79 Å². The van der Waals surface area contributed by atoms with Gasteiger partial charge < -0.3 is 20.9 Å². The third-order valence-corrected chi connectivity index (χ3v) is 5.61. The molecule has 7 heteroatoms. The molecule has 2 aromatic rings. The zero-order valence-electron chi connectivity index (χ0n) is 18.2. The summed E-state index contributed by atoms with van der Waals surface area (Å²) in [5.41, 5.74) is 3.74. The summed E-state index contributed by atoms with van der Waals surface area (Å²) >= 11 is 0. The zero-order chi connectivity index (χ0) is 20.5. The van der Waals surface area contributed by atoms with Gasteiger partial charge in [0.2, 0.25) is 5.91 Å². The number of amides is 1. The number of halogens is 1. The number of nitrogens with zero attached hydrogens (tertiary/aromatic N) is 1. The second-order valence-electron chi connectivity index (χ2n) is 7.93. The van der Waals surface area contributed by atoms with Gasteiger partial charge in [-0.25, -0.2) is 0 Å². The fraction of sp³-hybridized carbons (Fsp3) is 0.565. The van der Waals surface area contributed by atoms with Crippen LogP contribution >= 0.6 is 24.0 Å². The van der Waals surface area contributed by atoms with Crippen LogP contribution in [0.25, 0.3) is 10.9 Å². The van der Waals surface area contributed by atoms with Gasteiger partial charge in [0.15, 0.2) is 5.96 Å². The minimum Gasteiger partial charge on any atom is -0.361 e. The van der Waals surface area contributed by atoms with Crippen LogP contribution in [0.15, 0.2) is 29.4 Å². The van der Waals surface area contributed by atoms with Gasteiger partial charge in [0, 0.05) is 49.2 Å². The van der Waals surface area contributed by atoms with E-state index in [1.54, 1.807) is 0 Å². The first-order valence-corrected chi connectivity index (χ1v) is 11.0. The van der Waals surface area contributed by atoms with Crippen LogP contribution in [0.1, 0.15) is 50.2 Å². The zero-order valence-corrected chi connectivity index (χ0v) is 20.6. The molecule has 1 heterocycles. The van der Waals surface area contributed by atoms with E-state index in [1.807, 2.05) is 0 Å². The number of hydrogen-bond donors (Lipinski definition) is 4. The number of carbonyl (C=O) groups is 1. The third kappa shape index (κ3) is 7.18. The molecule has 0 bridgehead atoms. The molecule has 0 atom stereocenters. The number of guanidine groups is 1.